The molecular weight excluding hydrogens is 262 g/mol. The fraction of sp³-hybridized carbons (Fsp3) is 0.333. The van der Waals surface area contributed by atoms with Gasteiger partial charge in [-0.05, 0) is 24.2 Å². The maximum Gasteiger partial charge on any atom is 0.126 e. The van der Waals surface area contributed by atoms with Crippen molar-refractivity contribution < 1.29 is 9.47 Å². The molecule has 2 atom stereocenters. The van der Waals surface area contributed by atoms with E-state index < -0.39 is 0 Å². The molecule has 0 amide bonds. The molecule has 3 heteroatoms. The van der Waals surface area contributed by atoms with Crippen molar-refractivity contribution in [1.29, 1.82) is 0 Å². The van der Waals surface area contributed by atoms with Crippen molar-refractivity contribution in [3.63, 3.8) is 0 Å². The van der Waals surface area contributed by atoms with Crippen LogP contribution in [0, 0.1) is 0 Å². The lowest BCUT2D eigenvalue weighted by atomic mass is 9.91. The molecule has 110 valence electrons. The molecule has 0 fully saturated rings. The zero-order chi connectivity index (χ0) is 14.7. The summed E-state index contributed by atoms with van der Waals surface area (Å²) in [5, 5.41) is 3.40. The van der Waals surface area contributed by atoms with Gasteiger partial charge in [0.25, 0.3) is 0 Å². The van der Waals surface area contributed by atoms with Gasteiger partial charge in [-0.3, -0.25) is 0 Å². The average molecular weight is 283 g/mol. The minimum atomic E-state index is 0.0590. The predicted octanol–water partition coefficient (Wildman–Crippen LogP) is 3.62. The van der Waals surface area contributed by atoms with Gasteiger partial charge in [0.1, 0.15) is 11.9 Å². The van der Waals surface area contributed by atoms with E-state index in [1.807, 2.05) is 25.2 Å². The highest BCUT2D eigenvalue weighted by Crippen LogP contribution is 2.41. The normalized spacial score (nSPS) is 20.7. The van der Waals surface area contributed by atoms with E-state index in [1.54, 1.807) is 7.11 Å². The Morgan fingerprint density at radius 1 is 1.10 bits per heavy atom. The Morgan fingerprint density at radius 3 is 2.57 bits per heavy atom. The van der Waals surface area contributed by atoms with E-state index in [9.17, 15) is 0 Å². The van der Waals surface area contributed by atoms with E-state index >= 15 is 0 Å². The summed E-state index contributed by atoms with van der Waals surface area (Å²) in [6.45, 7) is 0.613. The molecule has 2 unspecified atom stereocenters. The summed E-state index contributed by atoms with van der Waals surface area (Å²) >= 11 is 0. The monoisotopic (exact) mass is 283 g/mol. The van der Waals surface area contributed by atoms with Gasteiger partial charge < -0.3 is 14.8 Å². The van der Waals surface area contributed by atoms with E-state index in [4.69, 9.17) is 9.47 Å². The molecule has 1 aliphatic rings. The first-order valence-electron chi connectivity index (χ1n) is 7.33. The van der Waals surface area contributed by atoms with Crippen LogP contribution < -0.4 is 10.1 Å². The molecule has 0 aliphatic carbocycles. The van der Waals surface area contributed by atoms with Crippen molar-refractivity contribution in [2.45, 2.75) is 25.2 Å². The minimum Gasteiger partial charge on any atom is -0.485 e. The highest BCUT2D eigenvalue weighted by atomic mass is 16.5. The zero-order valence-corrected chi connectivity index (χ0v) is 12.5. The van der Waals surface area contributed by atoms with Crippen LogP contribution in [0.4, 0.5) is 0 Å². The summed E-state index contributed by atoms with van der Waals surface area (Å²) in [5.74, 6) is 0.973. The molecule has 0 saturated heterocycles. The van der Waals surface area contributed by atoms with Gasteiger partial charge in [0, 0.05) is 25.1 Å². The third-order valence-corrected chi connectivity index (χ3v) is 4.06. The second-order valence-corrected chi connectivity index (χ2v) is 5.35. The lowest BCUT2D eigenvalue weighted by molar-refractivity contribution is 0.145. The van der Waals surface area contributed by atoms with Gasteiger partial charge in [-0.25, -0.2) is 0 Å². The molecule has 21 heavy (non-hydrogen) atoms. The van der Waals surface area contributed by atoms with Crippen molar-refractivity contribution in [2.75, 3.05) is 14.2 Å². The minimum absolute atomic E-state index is 0.0590. The molecule has 1 heterocycles. The van der Waals surface area contributed by atoms with E-state index in [0.29, 0.717) is 12.6 Å². The topological polar surface area (TPSA) is 30.5 Å². The van der Waals surface area contributed by atoms with Crippen LogP contribution in [0.1, 0.15) is 35.3 Å². The van der Waals surface area contributed by atoms with Gasteiger partial charge >= 0.3 is 0 Å². The summed E-state index contributed by atoms with van der Waals surface area (Å²) in [4.78, 5) is 0. The van der Waals surface area contributed by atoms with Crippen LogP contribution in [0.2, 0.25) is 0 Å². The number of para-hydroxylation sites is 1. The summed E-state index contributed by atoms with van der Waals surface area (Å²) in [5.41, 5.74) is 3.65. The Balaban J connectivity index is 1.95. The average Bonchev–Trinajstić information content (AvgIpc) is 2.54. The van der Waals surface area contributed by atoms with Crippen LogP contribution in [0.5, 0.6) is 5.75 Å². The number of benzene rings is 2. The molecule has 3 nitrogen and oxygen atoms in total. The highest BCUT2D eigenvalue weighted by molar-refractivity contribution is 5.40. The number of rotatable bonds is 4. The maximum atomic E-state index is 6.24. The first kappa shape index (κ1) is 14.1. The molecule has 1 N–H and O–H groups in total. The number of fused-ring (bicyclic) bond motifs is 1. The molecular formula is C18H21NO2. The third kappa shape index (κ3) is 2.80. The zero-order valence-electron chi connectivity index (χ0n) is 12.5. The molecule has 3 rings (SSSR count). The standard InChI is InChI=1S/C18H21NO2/c1-19-16-11-18(21-17-10-6-5-9-15(16)17)14-8-4-3-7-13(14)12-20-2/h3-10,16,18-19H,11-12H2,1-2H3. The number of nitrogens with one attached hydrogen (secondary N) is 1. The SMILES string of the molecule is CNC1CC(c2ccccc2COC)Oc2ccccc21. The van der Waals surface area contributed by atoms with E-state index in [2.05, 4.69) is 35.6 Å². The summed E-state index contributed by atoms with van der Waals surface area (Å²) < 4.78 is 11.6. The summed E-state index contributed by atoms with van der Waals surface area (Å²) in [7, 11) is 3.73. The molecule has 0 spiro atoms. The molecule has 1 aliphatic heterocycles. The van der Waals surface area contributed by atoms with Crippen molar-refractivity contribution in [3.8, 4) is 5.75 Å². The van der Waals surface area contributed by atoms with Crippen LogP contribution in [0.15, 0.2) is 48.5 Å². The van der Waals surface area contributed by atoms with Crippen LogP contribution in [0.3, 0.4) is 0 Å². The Hall–Kier alpha value is -1.84. The second-order valence-electron chi connectivity index (χ2n) is 5.35. The molecule has 2 aromatic rings. The van der Waals surface area contributed by atoms with Gasteiger partial charge in [-0.15, -0.1) is 0 Å². The quantitative estimate of drug-likeness (QED) is 0.929. The number of hydrogen-bond donors (Lipinski definition) is 1. The predicted molar refractivity (Wildman–Crippen MR) is 83.4 cm³/mol. The molecule has 0 aromatic heterocycles. The van der Waals surface area contributed by atoms with Crippen LogP contribution in [0.25, 0.3) is 0 Å². The molecule has 0 radical (unpaired) electrons. The van der Waals surface area contributed by atoms with Crippen molar-refractivity contribution in [2.24, 2.45) is 0 Å². The Labute approximate surface area is 125 Å². The van der Waals surface area contributed by atoms with Gasteiger partial charge in [0.05, 0.1) is 6.61 Å². The van der Waals surface area contributed by atoms with Gasteiger partial charge in [-0.1, -0.05) is 42.5 Å². The van der Waals surface area contributed by atoms with Crippen molar-refractivity contribution >= 4 is 0 Å². The van der Waals surface area contributed by atoms with Crippen LogP contribution in [-0.4, -0.2) is 14.2 Å². The fourth-order valence-corrected chi connectivity index (χ4v) is 3.02. The number of hydrogen-bond acceptors (Lipinski definition) is 3. The van der Waals surface area contributed by atoms with Gasteiger partial charge in [0.15, 0.2) is 0 Å². The Bertz CT molecular complexity index is 612. The smallest absolute Gasteiger partial charge is 0.126 e. The number of ether oxygens (including phenoxy) is 2. The van der Waals surface area contributed by atoms with Gasteiger partial charge in [-0.2, -0.15) is 0 Å². The van der Waals surface area contributed by atoms with Gasteiger partial charge in [0.2, 0.25) is 0 Å². The fourth-order valence-electron chi connectivity index (χ4n) is 3.02. The first-order chi connectivity index (χ1) is 10.3. The van der Waals surface area contributed by atoms with Crippen molar-refractivity contribution in [3.05, 3.63) is 65.2 Å². The molecule has 0 bridgehead atoms. The largest absolute Gasteiger partial charge is 0.485 e. The number of methoxy groups -OCH3 is 1. The maximum absolute atomic E-state index is 6.24. The van der Waals surface area contributed by atoms with E-state index in [0.717, 1.165) is 12.2 Å². The Morgan fingerprint density at radius 2 is 1.81 bits per heavy atom. The summed E-state index contributed by atoms with van der Waals surface area (Å²) in [6.07, 6.45) is 0.984. The molecule has 0 saturated carbocycles. The highest BCUT2D eigenvalue weighted by Gasteiger charge is 2.29. The Kier molecular flexibility index (Phi) is 4.23. The third-order valence-electron chi connectivity index (χ3n) is 4.06. The van der Waals surface area contributed by atoms with E-state index in [1.165, 1.54) is 16.7 Å². The lowest BCUT2D eigenvalue weighted by Gasteiger charge is -2.33. The molecule has 2 aromatic carbocycles. The van der Waals surface area contributed by atoms with Crippen LogP contribution >= 0.6 is 0 Å². The second kappa shape index (κ2) is 6.29. The van der Waals surface area contributed by atoms with Crippen LogP contribution in [-0.2, 0) is 11.3 Å². The van der Waals surface area contributed by atoms with E-state index in [-0.39, 0.29) is 6.10 Å². The lowest BCUT2D eigenvalue weighted by Crippen LogP contribution is -2.27. The van der Waals surface area contributed by atoms with Crippen molar-refractivity contribution in [1.82, 2.24) is 5.32 Å². The summed E-state index contributed by atoms with van der Waals surface area (Å²) in [6, 6.07) is 16.9. The first-order valence-corrected chi connectivity index (χ1v) is 7.33.